The zero-order chi connectivity index (χ0) is 11.0. The molecule has 0 atom stereocenters. The molecule has 88 valence electrons. The van der Waals surface area contributed by atoms with Crippen LogP contribution in [0.1, 0.15) is 16.8 Å². The van der Waals surface area contributed by atoms with E-state index in [1.165, 1.54) is 24.3 Å². The Balaban J connectivity index is 1.70. The third kappa shape index (κ3) is 1.88. The molecular weight excluding hydrogens is 200 g/mol. The van der Waals surface area contributed by atoms with Crippen molar-refractivity contribution in [2.75, 3.05) is 33.2 Å². The summed E-state index contributed by atoms with van der Waals surface area (Å²) in [5.74, 6) is 0. The van der Waals surface area contributed by atoms with Crippen LogP contribution in [0.15, 0.2) is 6.20 Å². The Labute approximate surface area is 96.6 Å². The molecule has 0 spiro atoms. The zero-order valence-corrected chi connectivity index (χ0v) is 9.92. The SMILES string of the molecule is CN1Cc2c[nH]c(CN3CCNCC3)c2C1. The Bertz CT molecular complexity index is 365. The summed E-state index contributed by atoms with van der Waals surface area (Å²) < 4.78 is 0. The average molecular weight is 220 g/mol. The molecule has 4 heteroatoms. The van der Waals surface area contributed by atoms with Gasteiger partial charge >= 0.3 is 0 Å². The van der Waals surface area contributed by atoms with E-state index in [2.05, 4.69) is 33.3 Å². The van der Waals surface area contributed by atoms with Crippen LogP contribution in [0.2, 0.25) is 0 Å². The molecule has 3 rings (SSSR count). The maximum absolute atomic E-state index is 3.46. The molecular formula is C12H20N4. The zero-order valence-electron chi connectivity index (χ0n) is 9.92. The number of hydrogen-bond donors (Lipinski definition) is 2. The molecule has 3 heterocycles. The van der Waals surface area contributed by atoms with Crippen LogP contribution < -0.4 is 5.32 Å². The van der Waals surface area contributed by atoms with E-state index < -0.39 is 0 Å². The first kappa shape index (κ1) is 10.3. The van der Waals surface area contributed by atoms with Gasteiger partial charge in [0.2, 0.25) is 0 Å². The summed E-state index contributed by atoms with van der Waals surface area (Å²) in [7, 11) is 2.19. The Kier molecular flexibility index (Phi) is 2.71. The van der Waals surface area contributed by atoms with E-state index in [9.17, 15) is 0 Å². The van der Waals surface area contributed by atoms with Crippen molar-refractivity contribution in [3.05, 3.63) is 23.0 Å². The standard InChI is InChI=1S/C12H20N4/c1-15-7-10-6-14-12(11(10)8-15)9-16-4-2-13-3-5-16/h6,13-14H,2-5,7-9H2,1H3. The van der Waals surface area contributed by atoms with Crippen LogP contribution in [-0.4, -0.2) is 48.0 Å². The highest BCUT2D eigenvalue weighted by Gasteiger charge is 2.21. The highest BCUT2D eigenvalue weighted by Crippen LogP contribution is 2.25. The molecule has 1 aromatic heterocycles. The third-order valence-electron chi connectivity index (χ3n) is 3.63. The van der Waals surface area contributed by atoms with Crippen molar-refractivity contribution in [3.8, 4) is 0 Å². The highest BCUT2D eigenvalue weighted by molar-refractivity contribution is 5.34. The minimum Gasteiger partial charge on any atom is -0.363 e. The number of hydrogen-bond acceptors (Lipinski definition) is 3. The molecule has 2 aliphatic heterocycles. The van der Waals surface area contributed by atoms with Gasteiger partial charge in [-0.15, -0.1) is 0 Å². The quantitative estimate of drug-likeness (QED) is 0.755. The fraction of sp³-hybridized carbons (Fsp3) is 0.667. The number of fused-ring (bicyclic) bond motifs is 1. The minimum atomic E-state index is 1.09. The largest absolute Gasteiger partial charge is 0.363 e. The number of aromatic amines is 1. The fourth-order valence-electron chi connectivity index (χ4n) is 2.73. The summed E-state index contributed by atoms with van der Waals surface area (Å²) in [5.41, 5.74) is 4.47. The second-order valence-electron chi connectivity index (χ2n) is 4.97. The Hall–Kier alpha value is -0.840. The maximum atomic E-state index is 3.46. The normalized spacial score (nSPS) is 22.6. The molecule has 16 heavy (non-hydrogen) atoms. The lowest BCUT2D eigenvalue weighted by Crippen LogP contribution is -2.43. The Morgan fingerprint density at radius 3 is 2.88 bits per heavy atom. The van der Waals surface area contributed by atoms with Crippen LogP contribution in [0.5, 0.6) is 0 Å². The molecule has 0 amide bonds. The first-order chi connectivity index (χ1) is 7.83. The average Bonchev–Trinajstić information content (AvgIpc) is 2.81. The van der Waals surface area contributed by atoms with E-state index >= 15 is 0 Å². The molecule has 0 radical (unpaired) electrons. The lowest BCUT2D eigenvalue weighted by molar-refractivity contribution is 0.229. The van der Waals surface area contributed by atoms with Gasteiger partial charge in [-0.05, 0) is 18.2 Å². The van der Waals surface area contributed by atoms with Crippen LogP contribution in [0.3, 0.4) is 0 Å². The summed E-state index contributed by atoms with van der Waals surface area (Å²) in [6.45, 7) is 7.90. The lowest BCUT2D eigenvalue weighted by atomic mass is 10.2. The molecule has 2 aliphatic rings. The van der Waals surface area contributed by atoms with Gasteiger partial charge < -0.3 is 10.3 Å². The van der Waals surface area contributed by atoms with Crippen molar-refractivity contribution in [2.45, 2.75) is 19.6 Å². The predicted octanol–water partition coefficient (Wildman–Crippen LogP) is 0.365. The third-order valence-corrected chi connectivity index (χ3v) is 3.63. The van der Waals surface area contributed by atoms with E-state index in [0.717, 1.165) is 32.7 Å². The fourth-order valence-corrected chi connectivity index (χ4v) is 2.73. The lowest BCUT2D eigenvalue weighted by Gasteiger charge is -2.27. The summed E-state index contributed by atoms with van der Waals surface area (Å²) in [6.07, 6.45) is 2.19. The van der Waals surface area contributed by atoms with Gasteiger partial charge in [-0.3, -0.25) is 9.80 Å². The van der Waals surface area contributed by atoms with Crippen LogP contribution in [0.4, 0.5) is 0 Å². The maximum Gasteiger partial charge on any atom is 0.0389 e. The molecule has 0 bridgehead atoms. The van der Waals surface area contributed by atoms with Crippen LogP contribution in [0.25, 0.3) is 0 Å². The van der Waals surface area contributed by atoms with Gasteiger partial charge in [0.25, 0.3) is 0 Å². The molecule has 0 saturated carbocycles. The molecule has 0 aromatic carbocycles. The molecule has 0 unspecified atom stereocenters. The molecule has 2 N–H and O–H groups in total. The van der Waals surface area contributed by atoms with E-state index in [-0.39, 0.29) is 0 Å². The summed E-state index contributed by atoms with van der Waals surface area (Å²) in [5, 5.41) is 3.39. The molecule has 4 nitrogen and oxygen atoms in total. The van der Waals surface area contributed by atoms with Gasteiger partial charge in [-0.25, -0.2) is 0 Å². The monoisotopic (exact) mass is 220 g/mol. The number of piperazine rings is 1. The predicted molar refractivity (Wildman–Crippen MR) is 64.1 cm³/mol. The highest BCUT2D eigenvalue weighted by atomic mass is 15.2. The van der Waals surface area contributed by atoms with Gasteiger partial charge in [0.15, 0.2) is 0 Å². The molecule has 1 fully saturated rings. The molecule has 1 saturated heterocycles. The van der Waals surface area contributed by atoms with E-state index in [0.29, 0.717) is 0 Å². The second kappa shape index (κ2) is 4.20. The number of nitrogens with zero attached hydrogens (tertiary/aromatic N) is 2. The first-order valence-electron chi connectivity index (χ1n) is 6.12. The summed E-state index contributed by atoms with van der Waals surface area (Å²) >= 11 is 0. The Morgan fingerprint density at radius 2 is 2.06 bits per heavy atom. The number of rotatable bonds is 2. The van der Waals surface area contributed by atoms with Crippen molar-refractivity contribution in [1.29, 1.82) is 0 Å². The smallest absolute Gasteiger partial charge is 0.0389 e. The Morgan fingerprint density at radius 1 is 1.25 bits per heavy atom. The summed E-state index contributed by atoms with van der Waals surface area (Å²) in [6, 6.07) is 0. The van der Waals surface area contributed by atoms with Crippen LogP contribution in [-0.2, 0) is 19.6 Å². The topological polar surface area (TPSA) is 34.3 Å². The van der Waals surface area contributed by atoms with Gasteiger partial charge in [0, 0.05) is 57.7 Å². The van der Waals surface area contributed by atoms with Gasteiger partial charge in [-0.2, -0.15) is 0 Å². The van der Waals surface area contributed by atoms with Crippen molar-refractivity contribution >= 4 is 0 Å². The van der Waals surface area contributed by atoms with Crippen molar-refractivity contribution in [3.63, 3.8) is 0 Å². The van der Waals surface area contributed by atoms with Gasteiger partial charge in [0.1, 0.15) is 0 Å². The number of nitrogens with one attached hydrogen (secondary N) is 2. The second-order valence-corrected chi connectivity index (χ2v) is 4.97. The number of H-pyrrole nitrogens is 1. The van der Waals surface area contributed by atoms with Gasteiger partial charge in [-0.1, -0.05) is 0 Å². The van der Waals surface area contributed by atoms with Crippen molar-refractivity contribution in [1.82, 2.24) is 20.1 Å². The number of aromatic nitrogens is 1. The van der Waals surface area contributed by atoms with E-state index in [1.54, 1.807) is 5.56 Å². The van der Waals surface area contributed by atoms with E-state index in [1.807, 2.05) is 0 Å². The molecule has 1 aromatic rings. The van der Waals surface area contributed by atoms with Crippen LogP contribution >= 0.6 is 0 Å². The summed E-state index contributed by atoms with van der Waals surface area (Å²) in [4.78, 5) is 8.36. The van der Waals surface area contributed by atoms with E-state index in [4.69, 9.17) is 0 Å². The van der Waals surface area contributed by atoms with Gasteiger partial charge in [0.05, 0.1) is 0 Å². The van der Waals surface area contributed by atoms with Crippen molar-refractivity contribution in [2.24, 2.45) is 0 Å². The van der Waals surface area contributed by atoms with Crippen LogP contribution in [0, 0.1) is 0 Å². The minimum absolute atomic E-state index is 1.09. The first-order valence-corrected chi connectivity index (χ1v) is 6.12. The van der Waals surface area contributed by atoms with Crippen molar-refractivity contribution < 1.29 is 0 Å². The molecule has 0 aliphatic carbocycles.